The van der Waals surface area contributed by atoms with Gasteiger partial charge < -0.3 is 10.1 Å². The predicted octanol–water partition coefficient (Wildman–Crippen LogP) is 3.19. The first-order valence-electron chi connectivity index (χ1n) is 8.58. The molecule has 3 rings (SSSR count). The molecular formula is C18H28N2O. The lowest BCUT2D eigenvalue weighted by atomic mass is 10.1. The van der Waals surface area contributed by atoms with E-state index in [1.165, 1.54) is 44.1 Å². The summed E-state index contributed by atoms with van der Waals surface area (Å²) in [5.41, 5.74) is 1.32. The van der Waals surface area contributed by atoms with Crippen molar-refractivity contribution in [2.24, 2.45) is 0 Å². The molecule has 1 aromatic carbocycles. The first kappa shape index (κ1) is 14.9. The van der Waals surface area contributed by atoms with Gasteiger partial charge in [-0.1, -0.05) is 43.9 Å². The second-order valence-corrected chi connectivity index (χ2v) is 6.37. The Morgan fingerprint density at radius 3 is 2.76 bits per heavy atom. The summed E-state index contributed by atoms with van der Waals surface area (Å²) >= 11 is 0. The average molecular weight is 288 g/mol. The van der Waals surface area contributed by atoms with Crippen molar-refractivity contribution in [3.05, 3.63) is 29.8 Å². The molecule has 1 aliphatic heterocycles. The fraction of sp³-hybridized carbons (Fsp3) is 0.667. The zero-order chi connectivity index (χ0) is 14.3. The van der Waals surface area contributed by atoms with Crippen LogP contribution >= 0.6 is 0 Å². The zero-order valence-corrected chi connectivity index (χ0v) is 13.0. The SMILES string of the molecule is c1ccc2c(c1)CN(CCNC1CCCCCC1)CCO2. The fourth-order valence-corrected chi connectivity index (χ4v) is 3.48. The molecule has 0 saturated heterocycles. The Kier molecular flexibility index (Phi) is 5.53. The Hall–Kier alpha value is -1.06. The lowest BCUT2D eigenvalue weighted by Crippen LogP contribution is -2.37. The molecule has 0 amide bonds. The van der Waals surface area contributed by atoms with E-state index in [9.17, 15) is 0 Å². The van der Waals surface area contributed by atoms with Crippen molar-refractivity contribution in [2.75, 3.05) is 26.2 Å². The number of nitrogens with one attached hydrogen (secondary N) is 1. The lowest BCUT2D eigenvalue weighted by Gasteiger charge is -2.22. The molecule has 1 aliphatic carbocycles. The molecule has 0 bridgehead atoms. The third-order valence-electron chi connectivity index (χ3n) is 4.75. The summed E-state index contributed by atoms with van der Waals surface area (Å²) in [6.45, 7) is 5.07. The lowest BCUT2D eigenvalue weighted by molar-refractivity contribution is 0.223. The van der Waals surface area contributed by atoms with Crippen molar-refractivity contribution >= 4 is 0 Å². The van der Waals surface area contributed by atoms with Gasteiger partial charge >= 0.3 is 0 Å². The van der Waals surface area contributed by atoms with Crippen LogP contribution < -0.4 is 10.1 Å². The summed E-state index contributed by atoms with van der Waals surface area (Å²) in [6, 6.07) is 9.19. The second-order valence-electron chi connectivity index (χ2n) is 6.37. The quantitative estimate of drug-likeness (QED) is 0.861. The van der Waals surface area contributed by atoms with Gasteiger partial charge in [0.05, 0.1) is 0 Å². The van der Waals surface area contributed by atoms with Crippen LogP contribution in [0.2, 0.25) is 0 Å². The molecule has 0 unspecified atom stereocenters. The van der Waals surface area contributed by atoms with E-state index in [0.717, 1.165) is 44.6 Å². The molecule has 3 heteroatoms. The molecule has 1 N–H and O–H groups in total. The molecule has 1 saturated carbocycles. The number of hydrogen-bond acceptors (Lipinski definition) is 3. The summed E-state index contributed by atoms with van der Waals surface area (Å²) in [6.07, 6.45) is 8.40. The summed E-state index contributed by atoms with van der Waals surface area (Å²) in [5, 5.41) is 3.77. The van der Waals surface area contributed by atoms with E-state index in [4.69, 9.17) is 4.74 Å². The van der Waals surface area contributed by atoms with Gasteiger partial charge in [-0.3, -0.25) is 4.90 Å². The molecule has 3 nitrogen and oxygen atoms in total. The summed E-state index contributed by atoms with van der Waals surface area (Å²) in [4.78, 5) is 2.51. The first-order chi connectivity index (χ1) is 10.4. The van der Waals surface area contributed by atoms with Crippen LogP contribution in [0.5, 0.6) is 5.75 Å². The maximum absolute atomic E-state index is 5.83. The largest absolute Gasteiger partial charge is 0.492 e. The van der Waals surface area contributed by atoms with Crippen molar-refractivity contribution < 1.29 is 4.74 Å². The Labute approximate surface area is 128 Å². The smallest absolute Gasteiger partial charge is 0.123 e. The molecule has 1 aromatic rings. The van der Waals surface area contributed by atoms with Crippen molar-refractivity contribution in [2.45, 2.75) is 51.1 Å². The number of fused-ring (bicyclic) bond motifs is 1. The molecule has 0 atom stereocenters. The summed E-state index contributed by atoms with van der Waals surface area (Å²) in [5.74, 6) is 1.07. The first-order valence-corrected chi connectivity index (χ1v) is 8.58. The van der Waals surface area contributed by atoms with Crippen LogP contribution in [0, 0.1) is 0 Å². The fourth-order valence-electron chi connectivity index (χ4n) is 3.48. The molecular weight excluding hydrogens is 260 g/mol. The molecule has 21 heavy (non-hydrogen) atoms. The van der Waals surface area contributed by atoms with Crippen LogP contribution in [0.3, 0.4) is 0 Å². The molecule has 0 spiro atoms. The standard InChI is InChI=1S/C18H28N2O/c1-2-4-9-17(8-3-1)19-11-12-20-13-14-21-18-10-6-5-7-16(18)15-20/h5-7,10,17,19H,1-4,8-9,11-15H2. The van der Waals surface area contributed by atoms with E-state index in [1.54, 1.807) is 0 Å². The highest BCUT2D eigenvalue weighted by atomic mass is 16.5. The van der Waals surface area contributed by atoms with E-state index >= 15 is 0 Å². The zero-order valence-electron chi connectivity index (χ0n) is 13.0. The number of benzene rings is 1. The van der Waals surface area contributed by atoms with Crippen molar-refractivity contribution in [1.29, 1.82) is 0 Å². The maximum Gasteiger partial charge on any atom is 0.123 e. The molecule has 1 fully saturated rings. The van der Waals surface area contributed by atoms with Crippen molar-refractivity contribution in [3.8, 4) is 5.75 Å². The Morgan fingerprint density at radius 2 is 1.90 bits per heavy atom. The minimum atomic E-state index is 0.753. The van der Waals surface area contributed by atoms with Gasteiger partial charge in [0.25, 0.3) is 0 Å². The highest BCUT2D eigenvalue weighted by Crippen LogP contribution is 2.22. The minimum absolute atomic E-state index is 0.753. The molecule has 0 radical (unpaired) electrons. The highest BCUT2D eigenvalue weighted by molar-refractivity contribution is 5.33. The van der Waals surface area contributed by atoms with Gasteiger partial charge in [0.15, 0.2) is 0 Å². The van der Waals surface area contributed by atoms with E-state index < -0.39 is 0 Å². The molecule has 1 heterocycles. The molecule has 2 aliphatic rings. The minimum Gasteiger partial charge on any atom is -0.492 e. The highest BCUT2D eigenvalue weighted by Gasteiger charge is 2.15. The number of hydrogen-bond donors (Lipinski definition) is 1. The van der Waals surface area contributed by atoms with Crippen LogP contribution in [0.15, 0.2) is 24.3 Å². The van der Waals surface area contributed by atoms with Crippen LogP contribution in [0.25, 0.3) is 0 Å². The van der Waals surface area contributed by atoms with E-state index in [2.05, 4.69) is 34.5 Å². The van der Waals surface area contributed by atoms with Gasteiger partial charge in [-0.15, -0.1) is 0 Å². The normalized spacial score (nSPS) is 21.1. The van der Waals surface area contributed by atoms with E-state index in [0.29, 0.717) is 0 Å². The Morgan fingerprint density at radius 1 is 1.10 bits per heavy atom. The number of nitrogens with zero attached hydrogens (tertiary/aromatic N) is 1. The maximum atomic E-state index is 5.83. The second kappa shape index (κ2) is 7.81. The van der Waals surface area contributed by atoms with Gasteiger partial charge in [-0.05, 0) is 18.9 Å². The van der Waals surface area contributed by atoms with Gasteiger partial charge in [0.2, 0.25) is 0 Å². The monoisotopic (exact) mass is 288 g/mol. The van der Waals surface area contributed by atoms with Gasteiger partial charge in [0.1, 0.15) is 12.4 Å². The number of rotatable bonds is 4. The molecule has 0 aromatic heterocycles. The van der Waals surface area contributed by atoms with Gasteiger partial charge in [0, 0.05) is 37.8 Å². The van der Waals surface area contributed by atoms with E-state index in [-0.39, 0.29) is 0 Å². The number of para-hydroxylation sites is 1. The summed E-state index contributed by atoms with van der Waals surface area (Å²) < 4.78 is 5.83. The van der Waals surface area contributed by atoms with Crippen LogP contribution in [0.1, 0.15) is 44.1 Å². The Bertz CT molecular complexity index is 427. The third kappa shape index (κ3) is 4.45. The van der Waals surface area contributed by atoms with Crippen molar-refractivity contribution in [3.63, 3.8) is 0 Å². The van der Waals surface area contributed by atoms with Gasteiger partial charge in [-0.2, -0.15) is 0 Å². The number of ether oxygens (including phenoxy) is 1. The van der Waals surface area contributed by atoms with Crippen LogP contribution in [0.4, 0.5) is 0 Å². The topological polar surface area (TPSA) is 24.5 Å². The van der Waals surface area contributed by atoms with Crippen LogP contribution in [-0.4, -0.2) is 37.2 Å². The third-order valence-corrected chi connectivity index (χ3v) is 4.75. The van der Waals surface area contributed by atoms with E-state index in [1.807, 2.05) is 0 Å². The Balaban J connectivity index is 1.45. The van der Waals surface area contributed by atoms with Crippen molar-refractivity contribution in [1.82, 2.24) is 10.2 Å². The molecule has 116 valence electrons. The predicted molar refractivity (Wildman–Crippen MR) is 86.7 cm³/mol. The van der Waals surface area contributed by atoms with Gasteiger partial charge in [-0.25, -0.2) is 0 Å². The summed E-state index contributed by atoms with van der Waals surface area (Å²) in [7, 11) is 0. The average Bonchev–Trinajstić information content (AvgIpc) is 2.87. The van der Waals surface area contributed by atoms with Crippen LogP contribution in [-0.2, 0) is 6.54 Å².